The largest absolute Gasteiger partial charge is 0.356 e. The van der Waals surface area contributed by atoms with Gasteiger partial charge >= 0.3 is 0 Å². The molecule has 1 rings (SSSR count). The lowest BCUT2D eigenvalue weighted by molar-refractivity contribution is -0.120. The molecule has 0 saturated heterocycles. The minimum atomic E-state index is 0.00895. The van der Waals surface area contributed by atoms with Crippen LogP contribution in [0.25, 0.3) is 0 Å². The first-order chi connectivity index (χ1) is 6.74. The molecule has 0 spiro atoms. The maximum Gasteiger partial charge on any atom is 0.221 e. The lowest BCUT2D eigenvalue weighted by Gasteiger charge is -2.04. The monoisotopic (exact) mass is 196 g/mol. The van der Waals surface area contributed by atoms with E-state index in [1.54, 1.807) is 10.9 Å². The Morgan fingerprint density at radius 2 is 2.50 bits per heavy atom. The first-order valence-corrected chi connectivity index (χ1v) is 4.67. The molecule has 1 heterocycles. The molecule has 0 radical (unpaired) electrons. The van der Waals surface area contributed by atoms with E-state index in [2.05, 4.69) is 10.4 Å². The minimum Gasteiger partial charge on any atom is -0.356 e. The standard InChI is InChI=1S/C9H16N4O/c1-13-8(4-7-12-13)3-6-11-9(14)2-5-10/h4,7H,2-3,5-6,10H2,1H3,(H,11,14). The number of hydrogen-bond donors (Lipinski definition) is 2. The van der Waals surface area contributed by atoms with Crippen molar-refractivity contribution in [2.75, 3.05) is 13.1 Å². The lowest BCUT2D eigenvalue weighted by atomic mass is 10.3. The molecule has 1 amide bonds. The number of amides is 1. The number of nitrogens with one attached hydrogen (secondary N) is 1. The number of hydrogen-bond acceptors (Lipinski definition) is 3. The van der Waals surface area contributed by atoms with Crippen LogP contribution in [0.5, 0.6) is 0 Å². The summed E-state index contributed by atoms with van der Waals surface area (Å²) in [5.74, 6) is 0.00895. The van der Waals surface area contributed by atoms with Gasteiger partial charge in [-0.2, -0.15) is 5.10 Å². The third-order valence-corrected chi connectivity index (χ3v) is 2.00. The molecule has 1 aromatic rings. The highest BCUT2D eigenvalue weighted by Crippen LogP contribution is 1.95. The number of rotatable bonds is 5. The molecule has 0 bridgehead atoms. The summed E-state index contributed by atoms with van der Waals surface area (Å²) in [6, 6.07) is 1.94. The first kappa shape index (κ1) is 10.7. The summed E-state index contributed by atoms with van der Waals surface area (Å²) in [5, 5.41) is 6.82. The molecule has 0 unspecified atom stereocenters. The average molecular weight is 196 g/mol. The topological polar surface area (TPSA) is 72.9 Å². The summed E-state index contributed by atoms with van der Waals surface area (Å²) in [6.45, 7) is 1.04. The van der Waals surface area contributed by atoms with Gasteiger partial charge in [0, 0.05) is 44.9 Å². The fourth-order valence-corrected chi connectivity index (χ4v) is 1.20. The van der Waals surface area contributed by atoms with Crippen LogP contribution < -0.4 is 11.1 Å². The molecule has 0 aromatic carbocycles. The SMILES string of the molecule is Cn1nccc1CCNC(=O)CCN. The molecule has 0 saturated carbocycles. The number of carbonyl (C=O) groups is 1. The maximum atomic E-state index is 11.0. The zero-order chi connectivity index (χ0) is 10.4. The van der Waals surface area contributed by atoms with Crippen molar-refractivity contribution in [2.24, 2.45) is 12.8 Å². The molecule has 1 aromatic heterocycles. The third-order valence-electron chi connectivity index (χ3n) is 2.00. The van der Waals surface area contributed by atoms with Gasteiger partial charge in [-0.3, -0.25) is 9.48 Å². The van der Waals surface area contributed by atoms with Crippen LogP contribution >= 0.6 is 0 Å². The second-order valence-corrected chi connectivity index (χ2v) is 3.08. The van der Waals surface area contributed by atoms with Crippen LogP contribution in [0.2, 0.25) is 0 Å². The Morgan fingerprint density at radius 1 is 1.71 bits per heavy atom. The Hall–Kier alpha value is -1.36. The third kappa shape index (κ3) is 3.18. The summed E-state index contributed by atoms with van der Waals surface area (Å²) in [6.07, 6.45) is 2.94. The Labute approximate surface area is 83.3 Å². The molecule has 0 atom stereocenters. The van der Waals surface area contributed by atoms with Crippen LogP contribution in [0.4, 0.5) is 0 Å². The van der Waals surface area contributed by atoms with Crippen LogP contribution in [0.3, 0.4) is 0 Å². The van der Waals surface area contributed by atoms with Gasteiger partial charge in [0.05, 0.1) is 0 Å². The summed E-state index contributed by atoms with van der Waals surface area (Å²) in [7, 11) is 1.89. The van der Waals surface area contributed by atoms with E-state index in [0.717, 1.165) is 12.1 Å². The van der Waals surface area contributed by atoms with Crippen LogP contribution in [0.1, 0.15) is 12.1 Å². The zero-order valence-electron chi connectivity index (χ0n) is 8.36. The normalized spacial score (nSPS) is 10.1. The van der Waals surface area contributed by atoms with Crippen LogP contribution in [-0.4, -0.2) is 28.8 Å². The van der Waals surface area contributed by atoms with Crippen molar-refractivity contribution in [3.63, 3.8) is 0 Å². The van der Waals surface area contributed by atoms with E-state index < -0.39 is 0 Å². The van der Waals surface area contributed by atoms with Crippen molar-refractivity contribution in [3.05, 3.63) is 18.0 Å². The molecule has 5 nitrogen and oxygen atoms in total. The van der Waals surface area contributed by atoms with Crippen LogP contribution in [0, 0.1) is 0 Å². The summed E-state index contributed by atoms with van der Waals surface area (Å²) in [4.78, 5) is 11.0. The number of carbonyl (C=O) groups excluding carboxylic acids is 1. The summed E-state index contributed by atoms with van der Waals surface area (Å²) in [5.41, 5.74) is 6.35. The number of aryl methyl sites for hydroxylation is 1. The molecule has 14 heavy (non-hydrogen) atoms. The predicted octanol–water partition coefficient (Wildman–Crippen LogP) is -0.572. The molecule has 0 aliphatic rings. The van der Waals surface area contributed by atoms with E-state index in [1.165, 1.54) is 0 Å². The van der Waals surface area contributed by atoms with Crippen molar-refractivity contribution in [2.45, 2.75) is 12.8 Å². The zero-order valence-corrected chi connectivity index (χ0v) is 8.36. The first-order valence-electron chi connectivity index (χ1n) is 4.67. The molecular weight excluding hydrogens is 180 g/mol. The second kappa shape index (κ2) is 5.39. The van der Waals surface area contributed by atoms with Gasteiger partial charge in [-0.1, -0.05) is 0 Å². The van der Waals surface area contributed by atoms with Crippen molar-refractivity contribution >= 4 is 5.91 Å². The van der Waals surface area contributed by atoms with Gasteiger partial charge in [0.25, 0.3) is 0 Å². The molecule has 0 aliphatic heterocycles. The molecular formula is C9H16N4O. The molecule has 3 N–H and O–H groups in total. The number of nitrogens with two attached hydrogens (primary N) is 1. The van der Waals surface area contributed by atoms with E-state index in [4.69, 9.17) is 5.73 Å². The van der Waals surface area contributed by atoms with E-state index >= 15 is 0 Å². The Morgan fingerprint density at radius 3 is 3.07 bits per heavy atom. The van der Waals surface area contributed by atoms with Crippen molar-refractivity contribution in [1.29, 1.82) is 0 Å². The van der Waals surface area contributed by atoms with E-state index in [1.807, 2.05) is 13.1 Å². The number of nitrogens with zero attached hydrogens (tertiary/aromatic N) is 2. The van der Waals surface area contributed by atoms with E-state index in [9.17, 15) is 4.79 Å². The Bertz CT molecular complexity index is 295. The summed E-state index contributed by atoms with van der Waals surface area (Å²) >= 11 is 0. The average Bonchev–Trinajstić information content (AvgIpc) is 2.52. The van der Waals surface area contributed by atoms with Gasteiger partial charge in [-0.15, -0.1) is 0 Å². The Balaban J connectivity index is 2.22. The lowest BCUT2D eigenvalue weighted by Crippen LogP contribution is -2.27. The summed E-state index contributed by atoms with van der Waals surface area (Å²) < 4.78 is 1.80. The van der Waals surface area contributed by atoms with Gasteiger partial charge in [-0.05, 0) is 6.07 Å². The van der Waals surface area contributed by atoms with Crippen LogP contribution in [0.15, 0.2) is 12.3 Å². The van der Waals surface area contributed by atoms with Crippen LogP contribution in [-0.2, 0) is 18.3 Å². The number of aromatic nitrogens is 2. The fourth-order valence-electron chi connectivity index (χ4n) is 1.20. The quantitative estimate of drug-likeness (QED) is 0.662. The van der Waals surface area contributed by atoms with Gasteiger partial charge in [-0.25, -0.2) is 0 Å². The smallest absolute Gasteiger partial charge is 0.221 e. The fraction of sp³-hybridized carbons (Fsp3) is 0.556. The van der Waals surface area contributed by atoms with Gasteiger partial charge in [0.2, 0.25) is 5.91 Å². The predicted molar refractivity (Wildman–Crippen MR) is 53.6 cm³/mol. The van der Waals surface area contributed by atoms with Crippen molar-refractivity contribution in [1.82, 2.24) is 15.1 Å². The van der Waals surface area contributed by atoms with E-state index in [-0.39, 0.29) is 5.91 Å². The van der Waals surface area contributed by atoms with Crippen molar-refractivity contribution < 1.29 is 4.79 Å². The second-order valence-electron chi connectivity index (χ2n) is 3.08. The highest BCUT2D eigenvalue weighted by atomic mass is 16.1. The highest BCUT2D eigenvalue weighted by molar-refractivity contribution is 5.75. The van der Waals surface area contributed by atoms with Gasteiger partial charge in [0.1, 0.15) is 0 Å². The van der Waals surface area contributed by atoms with Crippen molar-refractivity contribution in [3.8, 4) is 0 Å². The Kier molecular flexibility index (Phi) is 4.12. The maximum absolute atomic E-state index is 11.0. The van der Waals surface area contributed by atoms with Gasteiger partial charge in [0.15, 0.2) is 0 Å². The molecule has 0 aliphatic carbocycles. The van der Waals surface area contributed by atoms with E-state index in [0.29, 0.717) is 19.5 Å². The minimum absolute atomic E-state index is 0.00895. The van der Waals surface area contributed by atoms with Gasteiger partial charge < -0.3 is 11.1 Å². The molecule has 0 fully saturated rings. The molecule has 5 heteroatoms. The molecule has 78 valence electrons. The highest BCUT2D eigenvalue weighted by Gasteiger charge is 2.00.